The quantitative estimate of drug-likeness (QED) is 0.135. The van der Waals surface area contributed by atoms with Crippen LogP contribution in [0.5, 0.6) is 5.75 Å². The Morgan fingerprint density at radius 3 is 2.50 bits per heavy atom. The molecule has 0 saturated carbocycles. The zero-order valence-corrected chi connectivity index (χ0v) is 28.2. The highest BCUT2D eigenvalue weighted by Gasteiger charge is 2.23. The summed E-state index contributed by atoms with van der Waals surface area (Å²) in [5.74, 6) is 0.379. The Bertz CT molecular complexity index is 1930. The fourth-order valence-electron chi connectivity index (χ4n) is 6.49. The molecule has 48 heavy (non-hydrogen) atoms. The summed E-state index contributed by atoms with van der Waals surface area (Å²) in [5.41, 5.74) is 6.94. The van der Waals surface area contributed by atoms with E-state index in [2.05, 4.69) is 43.7 Å². The summed E-state index contributed by atoms with van der Waals surface area (Å²) in [4.78, 5) is 18.7. The molecule has 248 valence electrons. The van der Waals surface area contributed by atoms with Gasteiger partial charge in [-0.3, -0.25) is 9.89 Å². The molecule has 1 amide bonds. The Morgan fingerprint density at radius 2 is 1.73 bits per heavy atom. The van der Waals surface area contributed by atoms with Gasteiger partial charge in [-0.05, 0) is 109 Å². The van der Waals surface area contributed by atoms with Crippen molar-refractivity contribution in [3.8, 4) is 16.9 Å². The van der Waals surface area contributed by atoms with Gasteiger partial charge in [0, 0.05) is 72.2 Å². The van der Waals surface area contributed by atoms with Crippen LogP contribution in [0.4, 0.5) is 17.2 Å². The standard InChI is InChI=1S/C37H38Cl2N6O3/c1-44-12-14-45(15-13-44)28-5-8-30(34(21-28)40-27-10-16-48-17-11-27)37(47)41-36-32-20-24(18-25-19-26(38)4-9-33(25)39)31(22-35(32)42-43-36)23-2-6-29(46)7-3-23/h2-9,19-22,27,40,46H,10-18H2,1H3,(H2,41,42,43,47). The predicted octanol–water partition coefficient (Wildman–Crippen LogP) is 7.43. The minimum atomic E-state index is -0.245. The highest BCUT2D eigenvalue weighted by molar-refractivity contribution is 6.33. The van der Waals surface area contributed by atoms with Crippen LogP contribution in [0.3, 0.4) is 0 Å². The molecule has 0 atom stereocenters. The Kier molecular flexibility index (Phi) is 9.45. The van der Waals surface area contributed by atoms with E-state index in [9.17, 15) is 9.90 Å². The Morgan fingerprint density at radius 1 is 0.958 bits per heavy atom. The monoisotopic (exact) mass is 684 g/mol. The summed E-state index contributed by atoms with van der Waals surface area (Å²) in [7, 11) is 2.14. The average Bonchev–Trinajstić information content (AvgIpc) is 3.48. The minimum Gasteiger partial charge on any atom is -0.508 e. The minimum absolute atomic E-state index is 0.188. The maximum absolute atomic E-state index is 14.0. The summed E-state index contributed by atoms with van der Waals surface area (Å²) in [6, 6.07) is 22.8. The van der Waals surface area contributed by atoms with Crippen LogP contribution in [-0.2, 0) is 11.2 Å². The average molecular weight is 686 g/mol. The van der Waals surface area contributed by atoms with Crippen LogP contribution in [0.2, 0.25) is 10.0 Å². The number of H-pyrrole nitrogens is 1. The summed E-state index contributed by atoms with van der Waals surface area (Å²) in [5, 5.41) is 26.3. The second-order valence-corrected chi connectivity index (χ2v) is 13.4. The molecule has 2 fully saturated rings. The molecule has 5 aromatic rings. The van der Waals surface area contributed by atoms with Gasteiger partial charge >= 0.3 is 0 Å². The topological polar surface area (TPSA) is 106 Å². The number of aromatic hydroxyl groups is 1. The zero-order chi connectivity index (χ0) is 33.2. The van der Waals surface area contributed by atoms with Crippen LogP contribution in [0.25, 0.3) is 22.0 Å². The summed E-state index contributed by atoms with van der Waals surface area (Å²) in [6.45, 7) is 5.27. The van der Waals surface area contributed by atoms with Gasteiger partial charge in [0.15, 0.2) is 5.82 Å². The second-order valence-electron chi connectivity index (χ2n) is 12.6. The Hall–Kier alpha value is -4.28. The number of phenolic OH excluding ortho intramolecular Hbond substituents is 1. The van der Waals surface area contributed by atoms with Crippen molar-refractivity contribution in [1.82, 2.24) is 15.1 Å². The zero-order valence-electron chi connectivity index (χ0n) is 26.7. The molecule has 0 aliphatic carbocycles. The van der Waals surface area contributed by atoms with Gasteiger partial charge in [-0.2, -0.15) is 5.10 Å². The molecule has 2 saturated heterocycles. The number of benzene rings is 4. The molecule has 0 bridgehead atoms. The molecule has 7 rings (SSSR count). The van der Waals surface area contributed by atoms with Crippen molar-refractivity contribution < 1.29 is 14.6 Å². The molecule has 0 radical (unpaired) electrons. The summed E-state index contributed by atoms with van der Waals surface area (Å²) < 4.78 is 5.59. The van der Waals surface area contributed by atoms with E-state index in [1.54, 1.807) is 24.3 Å². The first kappa shape index (κ1) is 32.3. The maximum Gasteiger partial charge on any atom is 0.258 e. The lowest BCUT2D eigenvalue weighted by Gasteiger charge is -2.34. The number of fused-ring (bicyclic) bond motifs is 1. The van der Waals surface area contributed by atoms with Crippen molar-refractivity contribution in [1.29, 1.82) is 0 Å². The number of hydrogen-bond acceptors (Lipinski definition) is 7. The van der Waals surface area contributed by atoms with Gasteiger partial charge in [-0.15, -0.1) is 0 Å². The lowest BCUT2D eigenvalue weighted by molar-refractivity contribution is 0.0904. The van der Waals surface area contributed by atoms with Crippen molar-refractivity contribution in [2.75, 3.05) is 62.0 Å². The van der Waals surface area contributed by atoms with E-state index in [1.807, 2.05) is 42.5 Å². The number of nitrogens with one attached hydrogen (secondary N) is 3. The summed E-state index contributed by atoms with van der Waals surface area (Å²) in [6.07, 6.45) is 2.26. The molecule has 4 aromatic carbocycles. The number of carbonyl (C=O) groups is 1. The molecule has 2 aliphatic heterocycles. The van der Waals surface area contributed by atoms with Gasteiger partial charge in [0.2, 0.25) is 0 Å². The van der Waals surface area contributed by atoms with Crippen LogP contribution in [0.15, 0.2) is 72.8 Å². The maximum atomic E-state index is 14.0. The molecule has 11 heteroatoms. The van der Waals surface area contributed by atoms with Gasteiger partial charge in [0.1, 0.15) is 5.75 Å². The highest BCUT2D eigenvalue weighted by atomic mass is 35.5. The van der Waals surface area contributed by atoms with Gasteiger partial charge in [0.05, 0.1) is 11.1 Å². The van der Waals surface area contributed by atoms with E-state index in [1.165, 1.54) is 0 Å². The number of carbonyl (C=O) groups excluding carboxylic acids is 1. The lowest BCUT2D eigenvalue weighted by Crippen LogP contribution is -2.44. The van der Waals surface area contributed by atoms with Crippen molar-refractivity contribution in [2.45, 2.75) is 25.3 Å². The number of halogens is 2. The Labute approximate surface area is 289 Å². The number of rotatable bonds is 8. The fraction of sp³-hybridized carbons (Fsp3) is 0.297. The van der Waals surface area contributed by atoms with Gasteiger partial charge in [-0.25, -0.2) is 0 Å². The third kappa shape index (κ3) is 7.10. The lowest BCUT2D eigenvalue weighted by atomic mass is 9.93. The molecule has 3 heterocycles. The molecular weight excluding hydrogens is 647 g/mol. The van der Waals surface area contributed by atoms with E-state index >= 15 is 0 Å². The van der Waals surface area contributed by atoms with Crippen LogP contribution in [-0.4, -0.2) is 78.6 Å². The number of amides is 1. The van der Waals surface area contributed by atoms with E-state index in [0.29, 0.717) is 41.1 Å². The first-order valence-corrected chi connectivity index (χ1v) is 17.0. The number of aromatic nitrogens is 2. The highest BCUT2D eigenvalue weighted by Crippen LogP contribution is 2.35. The number of phenols is 1. The number of ether oxygens (including phenoxy) is 1. The molecule has 4 N–H and O–H groups in total. The molecule has 1 aromatic heterocycles. The van der Waals surface area contributed by atoms with Crippen molar-refractivity contribution in [3.63, 3.8) is 0 Å². The van der Waals surface area contributed by atoms with E-state index < -0.39 is 0 Å². The van der Waals surface area contributed by atoms with Crippen LogP contribution < -0.4 is 15.5 Å². The number of anilines is 3. The van der Waals surface area contributed by atoms with Crippen molar-refractivity contribution in [2.24, 2.45) is 0 Å². The number of aromatic amines is 1. The smallest absolute Gasteiger partial charge is 0.258 e. The molecular formula is C37H38Cl2N6O3. The third-order valence-corrected chi connectivity index (χ3v) is 9.89. The molecule has 2 aliphatic rings. The van der Waals surface area contributed by atoms with Gasteiger partial charge < -0.3 is 30.3 Å². The predicted molar refractivity (Wildman–Crippen MR) is 194 cm³/mol. The molecule has 0 unspecified atom stereocenters. The normalized spacial score (nSPS) is 15.9. The van der Waals surface area contributed by atoms with Gasteiger partial charge in [0.25, 0.3) is 5.91 Å². The van der Waals surface area contributed by atoms with Crippen LogP contribution in [0, 0.1) is 0 Å². The first-order chi connectivity index (χ1) is 23.3. The number of likely N-dealkylation sites (N-methyl/N-ethyl adjacent to an activating group) is 1. The Balaban J connectivity index is 1.23. The largest absolute Gasteiger partial charge is 0.508 e. The number of hydrogen-bond donors (Lipinski definition) is 4. The van der Waals surface area contributed by atoms with E-state index in [0.717, 1.165) is 83.6 Å². The first-order valence-electron chi connectivity index (χ1n) is 16.3. The molecule has 9 nitrogen and oxygen atoms in total. The van der Waals surface area contributed by atoms with Gasteiger partial charge in [-0.1, -0.05) is 35.3 Å². The second kappa shape index (κ2) is 14.1. The third-order valence-electron chi connectivity index (χ3n) is 9.28. The van der Waals surface area contributed by atoms with Crippen LogP contribution >= 0.6 is 23.2 Å². The van der Waals surface area contributed by atoms with Crippen LogP contribution in [0.1, 0.15) is 34.3 Å². The fourth-order valence-corrected chi connectivity index (χ4v) is 6.87. The van der Waals surface area contributed by atoms with E-state index in [-0.39, 0.29) is 17.7 Å². The summed E-state index contributed by atoms with van der Waals surface area (Å²) >= 11 is 12.9. The number of piperazine rings is 1. The van der Waals surface area contributed by atoms with Crippen molar-refractivity contribution >= 4 is 57.2 Å². The number of nitrogens with zero attached hydrogens (tertiary/aromatic N) is 3. The molecule has 0 spiro atoms. The SMILES string of the molecule is CN1CCN(c2ccc(C(=O)Nc3n[nH]c4cc(-c5ccc(O)cc5)c(Cc5cc(Cl)ccc5Cl)cc34)c(NC3CCOCC3)c2)CC1. The van der Waals surface area contributed by atoms with Crippen molar-refractivity contribution in [3.05, 3.63) is 99.5 Å². The van der Waals surface area contributed by atoms with E-state index in [4.69, 9.17) is 27.9 Å².